The molecule has 0 unspecified atom stereocenters. The second-order valence-corrected chi connectivity index (χ2v) is 3.07. The molecule has 0 N–H and O–H groups in total. The predicted octanol–water partition coefficient (Wildman–Crippen LogP) is 3.63. The maximum atomic E-state index is 10.2. The Kier molecular flexibility index (Phi) is 40.1. The SMILES string of the molecule is C.C.C.CC=NCC#CC(C)=O.CC=NCCC(C)=O. The highest BCUT2D eigenvalue weighted by Crippen LogP contribution is 1.80. The van der Waals surface area contributed by atoms with Crippen LogP contribution in [-0.4, -0.2) is 37.1 Å². The fourth-order valence-corrected chi connectivity index (χ4v) is 0.652. The van der Waals surface area contributed by atoms with Gasteiger partial charge in [-0.05, 0) is 39.1 Å². The van der Waals surface area contributed by atoms with Crippen molar-refractivity contribution < 1.29 is 9.59 Å². The Morgan fingerprint density at radius 2 is 1.50 bits per heavy atom. The monoisotopic (exact) mass is 284 g/mol. The van der Waals surface area contributed by atoms with E-state index in [0.717, 1.165) is 0 Å². The first kappa shape index (κ1) is 30.9. The summed E-state index contributed by atoms with van der Waals surface area (Å²) in [6.07, 6.45) is 3.95. The largest absolute Gasteiger partial charge is 0.300 e. The number of carbonyl (C=O) groups excluding carboxylic acids is 2. The van der Waals surface area contributed by atoms with Crippen molar-refractivity contribution in [2.24, 2.45) is 9.98 Å². The fourth-order valence-electron chi connectivity index (χ4n) is 0.652. The first-order chi connectivity index (χ1) is 8.04. The minimum atomic E-state index is -0.110. The van der Waals surface area contributed by atoms with Gasteiger partial charge < -0.3 is 0 Å². The molecule has 0 fully saturated rings. The summed E-state index contributed by atoms with van der Waals surface area (Å²) in [5, 5.41) is 0. The van der Waals surface area contributed by atoms with Crippen LogP contribution in [0.5, 0.6) is 0 Å². The van der Waals surface area contributed by atoms with Crippen LogP contribution in [0, 0.1) is 11.8 Å². The molecule has 20 heavy (non-hydrogen) atoms. The number of hydrogen-bond donors (Lipinski definition) is 0. The maximum Gasteiger partial charge on any atom is 0.202 e. The number of nitrogens with zero attached hydrogens (tertiary/aromatic N) is 2. The third-order valence-corrected chi connectivity index (χ3v) is 1.39. The van der Waals surface area contributed by atoms with Crippen molar-refractivity contribution in [1.29, 1.82) is 0 Å². The molecule has 0 rings (SSSR count). The van der Waals surface area contributed by atoms with Gasteiger partial charge in [-0.15, -0.1) is 0 Å². The second-order valence-electron chi connectivity index (χ2n) is 3.07. The van der Waals surface area contributed by atoms with Gasteiger partial charge in [-0.2, -0.15) is 0 Å². The molecule has 0 aliphatic rings. The van der Waals surface area contributed by atoms with Crippen LogP contribution < -0.4 is 0 Å². The van der Waals surface area contributed by atoms with Gasteiger partial charge in [0.2, 0.25) is 5.78 Å². The molecule has 0 bridgehead atoms. The van der Waals surface area contributed by atoms with Crippen LogP contribution in [0.25, 0.3) is 0 Å². The highest BCUT2D eigenvalue weighted by atomic mass is 16.1. The molecular formula is C16H32N2O2. The molecule has 0 saturated carbocycles. The molecule has 0 aliphatic heterocycles. The van der Waals surface area contributed by atoms with Crippen LogP contribution in [0.4, 0.5) is 0 Å². The van der Waals surface area contributed by atoms with Crippen molar-refractivity contribution in [2.75, 3.05) is 13.1 Å². The number of hydrogen-bond acceptors (Lipinski definition) is 4. The molecule has 4 heteroatoms. The topological polar surface area (TPSA) is 58.9 Å². The van der Waals surface area contributed by atoms with Crippen LogP contribution in [0.2, 0.25) is 0 Å². The summed E-state index contributed by atoms with van der Waals surface area (Å²) < 4.78 is 0. The van der Waals surface area contributed by atoms with Crippen LogP contribution in [0.15, 0.2) is 9.98 Å². The molecule has 0 aromatic heterocycles. The highest BCUT2D eigenvalue weighted by Gasteiger charge is 1.86. The molecule has 0 radical (unpaired) electrons. The number of rotatable bonds is 4. The van der Waals surface area contributed by atoms with E-state index in [-0.39, 0.29) is 33.8 Å². The Balaban J connectivity index is -0.0000000655. The predicted molar refractivity (Wildman–Crippen MR) is 92.0 cm³/mol. The number of carbonyl (C=O) groups is 2. The fraction of sp³-hybridized carbons (Fsp3) is 0.625. The summed E-state index contributed by atoms with van der Waals surface area (Å²) in [4.78, 5) is 28.1. The minimum Gasteiger partial charge on any atom is -0.300 e. The zero-order valence-electron chi connectivity index (χ0n) is 11.0. The Hall–Kier alpha value is -1.76. The first-order valence-electron chi connectivity index (χ1n) is 5.42. The molecule has 0 aromatic rings. The standard InChI is InChI=1S/C7H9NO.C6H11NO.3CH4/c1-3-8-6-4-5-7(2)9;1-3-7-5-4-6(2)8;;;/h3H,6H2,1-2H3;3H,4-5H2,1-2H3;3*1H4. The Morgan fingerprint density at radius 3 is 1.85 bits per heavy atom. The number of ketones is 2. The molecule has 0 amide bonds. The quantitative estimate of drug-likeness (QED) is 0.449. The van der Waals surface area contributed by atoms with Crippen LogP contribution in [-0.2, 0) is 9.59 Å². The van der Waals surface area contributed by atoms with Crippen molar-refractivity contribution in [3.63, 3.8) is 0 Å². The minimum absolute atomic E-state index is 0. The third-order valence-electron chi connectivity index (χ3n) is 1.39. The highest BCUT2D eigenvalue weighted by molar-refractivity contribution is 5.93. The third kappa shape index (κ3) is 44.2. The van der Waals surface area contributed by atoms with E-state index >= 15 is 0 Å². The average Bonchev–Trinajstić information content (AvgIpc) is 2.25. The van der Waals surface area contributed by atoms with Crippen LogP contribution in [0.3, 0.4) is 0 Å². The molecule has 0 heterocycles. The molecule has 0 aromatic carbocycles. The maximum absolute atomic E-state index is 10.2. The lowest BCUT2D eigenvalue weighted by molar-refractivity contribution is -0.116. The van der Waals surface area contributed by atoms with Gasteiger partial charge in [-0.1, -0.05) is 28.2 Å². The van der Waals surface area contributed by atoms with Crippen molar-refractivity contribution in [1.82, 2.24) is 0 Å². The average molecular weight is 284 g/mol. The molecule has 4 nitrogen and oxygen atoms in total. The Bertz CT molecular complexity index is 334. The van der Waals surface area contributed by atoms with Gasteiger partial charge in [0, 0.05) is 19.9 Å². The van der Waals surface area contributed by atoms with Crippen LogP contribution in [0.1, 0.15) is 56.4 Å². The molecule has 0 spiro atoms. The summed E-state index contributed by atoms with van der Waals surface area (Å²) in [7, 11) is 0. The van der Waals surface area contributed by atoms with Gasteiger partial charge in [0.15, 0.2) is 0 Å². The van der Waals surface area contributed by atoms with Crippen molar-refractivity contribution in [3.05, 3.63) is 0 Å². The van der Waals surface area contributed by atoms with Gasteiger partial charge in [-0.3, -0.25) is 19.6 Å². The Morgan fingerprint density at radius 1 is 1.00 bits per heavy atom. The van der Waals surface area contributed by atoms with Crippen molar-refractivity contribution in [3.8, 4) is 11.8 Å². The van der Waals surface area contributed by atoms with Gasteiger partial charge in [0.1, 0.15) is 5.78 Å². The zero-order valence-corrected chi connectivity index (χ0v) is 11.0. The van der Waals surface area contributed by atoms with E-state index in [1.165, 1.54) is 6.92 Å². The number of Topliss-reactive ketones (excluding diaryl/α,β-unsaturated/α-hetero) is 2. The van der Waals surface area contributed by atoms with Gasteiger partial charge in [0.25, 0.3) is 0 Å². The molecule has 0 aliphatic carbocycles. The van der Waals surface area contributed by atoms with E-state index < -0.39 is 0 Å². The zero-order chi connectivity index (χ0) is 13.5. The lowest BCUT2D eigenvalue weighted by atomic mass is 10.3. The van der Waals surface area contributed by atoms with Gasteiger partial charge >= 0.3 is 0 Å². The second kappa shape index (κ2) is 25.9. The van der Waals surface area contributed by atoms with E-state index in [2.05, 4.69) is 21.8 Å². The first-order valence-corrected chi connectivity index (χ1v) is 5.42. The van der Waals surface area contributed by atoms with Gasteiger partial charge in [-0.25, -0.2) is 0 Å². The molecule has 0 atom stereocenters. The van der Waals surface area contributed by atoms with E-state index in [1.54, 1.807) is 19.4 Å². The Labute approximate surface area is 125 Å². The van der Waals surface area contributed by atoms with Crippen LogP contribution >= 0.6 is 0 Å². The van der Waals surface area contributed by atoms with Crippen molar-refractivity contribution >= 4 is 24.0 Å². The summed E-state index contributed by atoms with van der Waals surface area (Å²) in [6, 6.07) is 0. The summed E-state index contributed by atoms with van der Waals surface area (Å²) >= 11 is 0. The van der Waals surface area contributed by atoms with E-state index in [4.69, 9.17) is 0 Å². The normalized spacial score (nSPS) is 8.00. The summed E-state index contributed by atoms with van der Waals surface area (Å²) in [5.41, 5.74) is 0. The molecular weight excluding hydrogens is 252 g/mol. The summed E-state index contributed by atoms with van der Waals surface area (Å²) in [6.45, 7) is 7.74. The van der Waals surface area contributed by atoms with E-state index in [9.17, 15) is 9.59 Å². The lowest BCUT2D eigenvalue weighted by Crippen LogP contribution is -1.91. The molecule has 118 valence electrons. The van der Waals surface area contributed by atoms with E-state index in [1.807, 2.05) is 13.8 Å². The summed E-state index contributed by atoms with van der Waals surface area (Å²) in [5.74, 6) is 5.06. The molecule has 0 saturated heterocycles. The number of aliphatic imine (C=N–C) groups is 2. The smallest absolute Gasteiger partial charge is 0.202 e. The van der Waals surface area contributed by atoms with Gasteiger partial charge in [0.05, 0.1) is 6.54 Å². The van der Waals surface area contributed by atoms with Crippen molar-refractivity contribution in [2.45, 2.75) is 56.4 Å². The van der Waals surface area contributed by atoms with E-state index in [0.29, 0.717) is 19.5 Å². The lowest BCUT2D eigenvalue weighted by Gasteiger charge is -1.84.